The summed E-state index contributed by atoms with van der Waals surface area (Å²) in [6, 6.07) is 7.12. The summed E-state index contributed by atoms with van der Waals surface area (Å²) in [5, 5.41) is 0. The van der Waals surface area contributed by atoms with Crippen LogP contribution in [0.2, 0.25) is 0 Å². The molecule has 2 aromatic rings. The van der Waals surface area contributed by atoms with Gasteiger partial charge >= 0.3 is 0 Å². The smallest absolute Gasteiger partial charge is 0.279 e. The highest BCUT2D eigenvalue weighted by molar-refractivity contribution is 7.09. The first-order valence-electron chi connectivity index (χ1n) is 8.73. The van der Waals surface area contributed by atoms with Crippen molar-refractivity contribution >= 4 is 17.2 Å². The third-order valence-electron chi connectivity index (χ3n) is 4.51. The quantitative estimate of drug-likeness (QED) is 0.817. The number of ether oxygens (including phenoxy) is 1. The minimum Gasteiger partial charge on any atom is -0.497 e. The summed E-state index contributed by atoms with van der Waals surface area (Å²) in [5.41, 5.74) is 1.88. The van der Waals surface area contributed by atoms with E-state index in [9.17, 15) is 4.79 Å². The maximum absolute atomic E-state index is 12.6. The number of methoxy groups -OCH3 is 1. The van der Waals surface area contributed by atoms with Crippen LogP contribution >= 0.6 is 11.3 Å². The van der Waals surface area contributed by atoms with Gasteiger partial charge in [-0.25, -0.2) is 0 Å². The second kappa shape index (κ2) is 6.79. The van der Waals surface area contributed by atoms with Crippen LogP contribution in [-0.4, -0.2) is 17.6 Å². The van der Waals surface area contributed by atoms with Gasteiger partial charge in [0.05, 0.1) is 7.11 Å². The molecule has 3 rings (SSSR count). The number of hydrogen-bond acceptors (Lipinski definition) is 3. The first-order chi connectivity index (χ1) is 11.8. The van der Waals surface area contributed by atoms with Gasteiger partial charge in [-0.15, -0.1) is 11.3 Å². The molecule has 0 saturated heterocycles. The Bertz CT molecular complexity index is 834. The van der Waals surface area contributed by atoms with Crippen molar-refractivity contribution in [2.75, 3.05) is 7.11 Å². The molecule has 0 N–H and O–H groups in total. The van der Waals surface area contributed by atoms with Crippen LogP contribution in [0.5, 0.6) is 5.75 Å². The molecule has 1 amide bonds. The number of rotatable bonds is 4. The Balaban J connectivity index is 2.01. The third kappa shape index (κ3) is 4.03. The molecule has 1 heterocycles. The van der Waals surface area contributed by atoms with Gasteiger partial charge in [-0.2, -0.15) is 4.99 Å². The van der Waals surface area contributed by atoms with Gasteiger partial charge < -0.3 is 9.30 Å². The lowest BCUT2D eigenvalue weighted by Gasteiger charge is -2.17. The third-order valence-corrected chi connectivity index (χ3v) is 6.12. The molecule has 0 bridgehead atoms. The molecule has 1 aliphatic carbocycles. The molecule has 5 heteroatoms. The van der Waals surface area contributed by atoms with Gasteiger partial charge in [0.15, 0.2) is 4.80 Å². The Labute approximate surface area is 153 Å². The minimum atomic E-state index is -0.200. The van der Waals surface area contributed by atoms with E-state index in [1.165, 1.54) is 23.4 Å². The Kier molecular flexibility index (Phi) is 4.87. The molecule has 0 aliphatic heterocycles. The number of carbonyl (C=O) groups is 1. The molecule has 25 heavy (non-hydrogen) atoms. The van der Waals surface area contributed by atoms with Crippen LogP contribution in [-0.2, 0) is 12.0 Å². The van der Waals surface area contributed by atoms with Crippen LogP contribution in [0.25, 0.3) is 0 Å². The summed E-state index contributed by atoms with van der Waals surface area (Å²) >= 11 is 1.64. The van der Waals surface area contributed by atoms with Gasteiger partial charge in [-0.1, -0.05) is 20.8 Å². The normalized spacial score (nSPS) is 15.5. The second-order valence-corrected chi connectivity index (χ2v) is 8.73. The van der Waals surface area contributed by atoms with Crippen molar-refractivity contribution in [2.45, 2.75) is 52.5 Å². The lowest BCUT2D eigenvalue weighted by Crippen LogP contribution is -2.19. The summed E-state index contributed by atoms with van der Waals surface area (Å²) in [6.07, 6.45) is 2.55. The monoisotopic (exact) mass is 358 g/mol. The Morgan fingerprint density at radius 1 is 1.28 bits per heavy atom. The van der Waals surface area contributed by atoms with Crippen molar-refractivity contribution in [1.82, 2.24) is 4.57 Å². The Morgan fingerprint density at radius 2 is 1.92 bits per heavy atom. The second-order valence-electron chi connectivity index (χ2n) is 7.75. The minimum absolute atomic E-state index is 0.0526. The van der Waals surface area contributed by atoms with Crippen LogP contribution in [0.15, 0.2) is 29.3 Å². The van der Waals surface area contributed by atoms with Gasteiger partial charge in [0, 0.05) is 22.7 Å². The average Bonchev–Trinajstić information content (AvgIpc) is 3.33. The molecule has 4 nitrogen and oxygen atoms in total. The molecule has 1 saturated carbocycles. The van der Waals surface area contributed by atoms with E-state index in [-0.39, 0.29) is 11.3 Å². The highest BCUT2D eigenvalue weighted by atomic mass is 32.1. The Morgan fingerprint density at radius 3 is 2.44 bits per heavy atom. The number of nitrogens with zero attached hydrogens (tertiary/aromatic N) is 2. The van der Waals surface area contributed by atoms with E-state index in [0.717, 1.165) is 23.0 Å². The molecular formula is C20H26N2O2S. The van der Waals surface area contributed by atoms with Gasteiger partial charge in [0.2, 0.25) is 0 Å². The number of amides is 1. The van der Waals surface area contributed by atoms with E-state index in [1.54, 1.807) is 42.7 Å². The fraction of sp³-hybridized carbons (Fsp3) is 0.500. The van der Waals surface area contributed by atoms with Crippen molar-refractivity contribution in [3.63, 3.8) is 0 Å². The summed E-state index contributed by atoms with van der Waals surface area (Å²) in [7, 11) is 1.62. The molecule has 0 atom stereocenters. The topological polar surface area (TPSA) is 43.6 Å². The maximum Gasteiger partial charge on any atom is 0.279 e. The van der Waals surface area contributed by atoms with E-state index in [4.69, 9.17) is 4.74 Å². The highest BCUT2D eigenvalue weighted by Gasteiger charge is 2.27. The molecule has 0 radical (unpaired) electrons. The first kappa shape index (κ1) is 17.9. The molecule has 1 fully saturated rings. The summed E-state index contributed by atoms with van der Waals surface area (Å²) in [4.78, 5) is 19.2. The first-order valence-corrected chi connectivity index (χ1v) is 9.55. The van der Waals surface area contributed by atoms with Crippen molar-refractivity contribution in [1.29, 1.82) is 0 Å². The number of carbonyl (C=O) groups excluding carboxylic acids is 1. The van der Waals surface area contributed by atoms with E-state index in [1.807, 2.05) is 0 Å². The number of aromatic nitrogens is 1. The zero-order chi connectivity index (χ0) is 18.2. The summed E-state index contributed by atoms with van der Waals surface area (Å²) in [6.45, 7) is 9.75. The number of hydrogen-bond donors (Lipinski definition) is 0. The number of thiazole rings is 1. The molecule has 0 spiro atoms. The predicted molar refractivity (Wildman–Crippen MR) is 101 cm³/mol. The molecule has 0 unspecified atom stereocenters. The van der Waals surface area contributed by atoms with E-state index in [0.29, 0.717) is 5.56 Å². The average molecular weight is 359 g/mol. The van der Waals surface area contributed by atoms with Gasteiger partial charge in [-0.3, -0.25) is 4.79 Å². The largest absolute Gasteiger partial charge is 0.497 e. The predicted octanol–water partition coefficient (Wildman–Crippen LogP) is 4.32. The van der Waals surface area contributed by atoms with Gasteiger partial charge in [-0.05, 0) is 55.4 Å². The van der Waals surface area contributed by atoms with E-state index in [2.05, 4.69) is 37.3 Å². The van der Waals surface area contributed by atoms with Crippen LogP contribution in [0, 0.1) is 12.8 Å². The lowest BCUT2D eigenvalue weighted by molar-refractivity contribution is 0.0997. The molecular weight excluding hydrogens is 332 g/mol. The van der Waals surface area contributed by atoms with Crippen molar-refractivity contribution in [3.8, 4) is 5.75 Å². The van der Waals surface area contributed by atoms with Crippen molar-refractivity contribution < 1.29 is 9.53 Å². The van der Waals surface area contributed by atoms with Crippen LogP contribution in [0.3, 0.4) is 0 Å². The summed E-state index contributed by atoms with van der Waals surface area (Å²) in [5.74, 6) is 1.27. The fourth-order valence-electron chi connectivity index (χ4n) is 2.92. The summed E-state index contributed by atoms with van der Waals surface area (Å²) < 4.78 is 7.39. The van der Waals surface area contributed by atoms with Gasteiger partial charge in [0.1, 0.15) is 5.75 Å². The van der Waals surface area contributed by atoms with E-state index >= 15 is 0 Å². The zero-order valence-corrected chi connectivity index (χ0v) is 16.4. The molecule has 134 valence electrons. The zero-order valence-electron chi connectivity index (χ0n) is 15.6. The molecule has 1 aromatic heterocycles. The molecule has 1 aliphatic rings. The SMILES string of the molecule is COc1ccc(C(=O)N=c2sc(C(C)(C)C)c(C)n2CC2CC2)cc1. The van der Waals surface area contributed by atoms with Gasteiger partial charge in [0.25, 0.3) is 5.91 Å². The Hall–Kier alpha value is -1.88. The standard InChI is InChI=1S/C20H26N2O2S/c1-13-17(20(2,3)4)25-19(22(13)12-14-6-7-14)21-18(23)15-8-10-16(24-5)11-9-15/h8-11,14H,6-7,12H2,1-5H3. The number of benzene rings is 1. The van der Waals surface area contributed by atoms with Crippen LogP contribution < -0.4 is 9.54 Å². The van der Waals surface area contributed by atoms with E-state index < -0.39 is 0 Å². The maximum atomic E-state index is 12.6. The van der Waals surface area contributed by atoms with Crippen molar-refractivity contribution in [2.24, 2.45) is 10.9 Å². The fourth-order valence-corrected chi connectivity index (χ4v) is 4.12. The van der Waals surface area contributed by atoms with Crippen LogP contribution in [0.1, 0.15) is 54.5 Å². The van der Waals surface area contributed by atoms with Crippen LogP contribution in [0.4, 0.5) is 0 Å². The lowest BCUT2D eigenvalue weighted by atomic mass is 9.93. The highest BCUT2D eigenvalue weighted by Crippen LogP contribution is 2.33. The van der Waals surface area contributed by atoms with Crippen molar-refractivity contribution in [3.05, 3.63) is 45.2 Å². The molecule has 1 aromatic carbocycles.